The molecule has 0 radical (unpaired) electrons. The molecule has 0 saturated carbocycles. The summed E-state index contributed by atoms with van der Waals surface area (Å²) in [5.74, 6) is 0. The van der Waals surface area contributed by atoms with E-state index in [1.54, 1.807) is 64.0 Å². The summed E-state index contributed by atoms with van der Waals surface area (Å²) in [6.07, 6.45) is -3.94. The zero-order valence-corrected chi connectivity index (χ0v) is 19.4. The molecule has 174 valence electrons. The van der Waals surface area contributed by atoms with Crippen molar-refractivity contribution in [1.82, 2.24) is 9.71 Å². The Labute approximate surface area is 185 Å². The number of hydrogen-bond acceptors (Lipinski definition) is 4. The Morgan fingerprint density at radius 3 is 2.31 bits per heavy atom. The van der Waals surface area contributed by atoms with Crippen LogP contribution < -0.4 is 15.4 Å². The number of nitrogens with zero attached hydrogens (tertiary/aromatic N) is 1. The predicted molar refractivity (Wildman–Crippen MR) is 122 cm³/mol. The molecule has 6 nitrogen and oxygen atoms in total. The summed E-state index contributed by atoms with van der Waals surface area (Å²) in [7, 11) is -1.19. The molecule has 1 unspecified atom stereocenters. The lowest BCUT2D eigenvalue weighted by molar-refractivity contribution is -0.150. The normalized spacial score (nSPS) is 13.5. The highest BCUT2D eigenvalue weighted by atomic mass is 32.2. The third kappa shape index (κ3) is 4.71. The Hall–Kier alpha value is -2.72. The number of nitrogens with two attached hydrogens (primary N) is 1. The maximum absolute atomic E-state index is 14.0. The van der Waals surface area contributed by atoms with Gasteiger partial charge in [-0.3, -0.25) is 0 Å². The van der Waals surface area contributed by atoms with Gasteiger partial charge in [-0.15, -0.1) is 0 Å². The summed E-state index contributed by atoms with van der Waals surface area (Å²) in [6.45, 7) is 5.16. The van der Waals surface area contributed by atoms with E-state index in [0.29, 0.717) is 33.4 Å². The van der Waals surface area contributed by atoms with E-state index < -0.39 is 28.7 Å². The molecule has 0 saturated heterocycles. The van der Waals surface area contributed by atoms with Crippen LogP contribution in [0.15, 0.2) is 35.4 Å². The third-order valence-electron chi connectivity index (χ3n) is 5.32. The Morgan fingerprint density at radius 2 is 1.72 bits per heavy atom. The molecule has 1 atom stereocenters. The number of aromatic nitrogens is 1. The Bertz CT molecular complexity index is 1260. The summed E-state index contributed by atoms with van der Waals surface area (Å²) in [6, 6.07) is 4.40. The second kappa shape index (κ2) is 8.32. The van der Waals surface area contributed by atoms with E-state index in [1.165, 1.54) is 6.20 Å². The van der Waals surface area contributed by atoms with Crippen molar-refractivity contribution < 1.29 is 21.6 Å². The van der Waals surface area contributed by atoms with E-state index in [0.717, 1.165) is 11.1 Å². The molecule has 0 spiro atoms. The average Bonchev–Trinajstić information content (AvgIpc) is 3.02. The van der Waals surface area contributed by atoms with Gasteiger partial charge in [0.15, 0.2) is 0 Å². The quantitative estimate of drug-likeness (QED) is 0.473. The topological polar surface area (TPSA) is 91.2 Å². The van der Waals surface area contributed by atoms with Crippen molar-refractivity contribution >= 4 is 32.3 Å². The SMILES string of the molecule is Cc1cc(C)c(S(=O)(=O)NC(Cc2c[nH]c3c(N)cc(C)cc23)C(F)(F)F)c(N(C)C)c1. The number of fused-ring (bicyclic) bond motifs is 1. The van der Waals surface area contributed by atoms with Crippen molar-refractivity contribution in [3.05, 3.63) is 52.7 Å². The lowest BCUT2D eigenvalue weighted by atomic mass is 10.0. The van der Waals surface area contributed by atoms with Gasteiger partial charge in [0.1, 0.15) is 10.9 Å². The summed E-state index contributed by atoms with van der Waals surface area (Å²) >= 11 is 0. The maximum Gasteiger partial charge on any atom is 0.405 e. The highest BCUT2D eigenvalue weighted by molar-refractivity contribution is 7.89. The second-order valence-electron chi connectivity index (χ2n) is 8.33. The number of benzene rings is 2. The van der Waals surface area contributed by atoms with Crippen LogP contribution in [-0.2, 0) is 16.4 Å². The number of rotatable bonds is 6. The largest absolute Gasteiger partial charge is 0.405 e. The van der Waals surface area contributed by atoms with Crippen molar-refractivity contribution in [2.45, 2.75) is 44.3 Å². The molecule has 10 heteroatoms. The molecule has 0 bridgehead atoms. The van der Waals surface area contributed by atoms with Crippen LogP contribution in [0.4, 0.5) is 24.5 Å². The van der Waals surface area contributed by atoms with Gasteiger partial charge in [-0.1, -0.05) is 6.07 Å². The number of halogens is 3. The number of anilines is 2. The number of nitrogen functional groups attached to an aromatic ring is 1. The minimum Gasteiger partial charge on any atom is -0.397 e. The van der Waals surface area contributed by atoms with Crippen LogP contribution in [-0.4, -0.2) is 39.7 Å². The van der Waals surface area contributed by atoms with Crippen molar-refractivity contribution in [3.8, 4) is 0 Å². The molecule has 0 aliphatic rings. The van der Waals surface area contributed by atoms with E-state index in [9.17, 15) is 21.6 Å². The van der Waals surface area contributed by atoms with Gasteiger partial charge in [-0.05, 0) is 67.6 Å². The van der Waals surface area contributed by atoms with Crippen molar-refractivity contribution in [2.75, 3.05) is 24.7 Å². The van der Waals surface area contributed by atoms with Crippen LogP contribution in [0.5, 0.6) is 0 Å². The molecule has 0 aliphatic carbocycles. The van der Waals surface area contributed by atoms with E-state index in [4.69, 9.17) is 5.73 Å². The number of sulfonamides is 1. The number of aromatic amines is 1. The van der Waals surface area contributed by atoms with Gasteiger partial charge in [0.25, 0.3) is 0 Å². The molecule has 0 fully saturated rings. The molecular formula is C22H27F3N4O2S. The molecule has 1 heterocycles. The van der Waals surface area contributed by atoms with Crippen molar-refractivity contribution in [3.63, 3.8) is 0 Å². The number of aryl methyl sites for hydroxylation is 3. The van der Waals surface area contributed by atoms with Crippen LogP contribution in [0.2, 0.25) is 0 Å². The molecule has 2 aromatic carbocycles. The molecule has 0 amide bonds. The standard InChI is InChI=1S/C22H27F3N4O2S/c1-12-6-14(3)21(18(9-12)29(4)5)32(30,31)28-19(22(23,24)25)10-15-11-27-20-16(15)7-13(2)8-17(20)26/h6-9,11,19,27-28H,10,26H2,1-5H3. The van der Waals surface area contributed by atoms with E-state index in [1.807, 2.05) is 4.72 Å². The van der Waals surface area contributed by atoms with Crippen LogP contribution in [0, 0.1) is 20.8 Å². The van der Waals surface area contributed by atoms with E-state index in [-0.39, 0.29) is 4.90 Å². The second-order valence-corrected chi connectivity index (χ2v) is 9.99. The van der Waals surface area contributed by atoms with Gasteiger partial charge in [0, 0.05) is 25.7 Å². The molecule has 0 aliphatic heterocycles. The number of nitrogens with one attached hydrogen (secondary N) is 2. The van der Waals surface area contributed by atoms with Crippen LogP contribution in [0.25, 0.3) is 10.9 Å². The molecule has 1 aromatic heterocycles. The first-order valence-electron chi connectivity index (χ1n) is 9.94. The van der Waals surface area contributed by atoms with Gasteiger partial charge in [0.05, 0.1) is 16.9 Å². The molecule has 32 heavy (non-hydrogen) atoms. The van der Waals surface area contributed by atoms with Crippen LogP contribution in [0.1, 0.15) is 22.3 Å². The summed E-state index contributed by atoms with van der Waals surface area (Å²) in [5, 5.41) is 0.538. The lowest BCUT2D eigenvalue weighted by Gasteiger charge is -2.25. The van der Waals surface area contributed by atoms with Gasteiger partial charge >= 0.3 is 6.18 Å². The number of H-pyrrole nitrogens is 1. The Balaban J connectivity index is 2.05. The average molecular weight is 469 g/mol. The van der Waals surface area contributed by atoms with E-state index >= 15 is 0 Å². The minimum atomic E-state index is -4.80. The molecular weight excluding hydrogens is 441 g/mol. The first-order chi connectivity index (χ1) is 14.7. The van der Waals surface area contributed by atoms with Crippen molar-refractivity contribution in [2.24, 2.45) is 0 Å². The van der Waals surface area contributed by atoms with Crippen molar-refractivity contribution in [1.29, 1.82) is 0 Å². The fourth-order valence-electron chi connectivity index (χ4n) is 3.94. The Kier molecular flexibility index (Phi) is 6.23. The van der Waals surface area contributed by atoms with Gasteiger partial charge < -0.3 is 15.6 Å². The fraction of sp³-hybridized carbons (Fsp3) is 0.364. The highest BCUT2D eigenvalue weighted by Gasteiger charge is 2.43. The third-order valence-corrected chi connectivity index (χ3v) is 6.98. The maximum atomic E-state index is 14.0. The van der Waals surface area contributed by atoms with Gasteiger partial charge in [-0.25, -0.2) is 8.42 Å². The Morgan fingerprint density at radius 1 is 1.09 bits per heavy atom. The molecule has 3 rings (SSSR count). The zero-order valence-electron chi connectivity index (χ0n) is 18.6. The number of alkyl halides is 3. The predicted octanol–water partition coefficient (Wildman–Crippen LogP) is 4.19. The first-order valence-corrected chi connectivity index (χ1v) is 11.4. The molecule has 4 N–H and O–H groups in total. The zero-order chi connectivity index (χ0) is 24.0. The van der Waals surface area contributed by atoms with Crippen LogP contribution in [0.3, 0.4) is 0 Å². The molecule has 3 aromatic rings. The smallest absolute Gasteiger partial charge is 0.397 e. The lowest BCUT2D eigenvalue weighted by Crippen LogP contribution is -2.47. The van der Waals surface area contributed by atoms with Gasteiger partial charge in [0.2, 0.25) is 10.0 Å². The fourth-order valence-corrected chi connectivity index (χ4v) is 5.65. The van der Waals surface area contributed by atoms with Crippen LogP contribution >= 0.6 is 0 Å². The minimum absolute atomic E-state index is 0.165. The monoisotopic (exact) mass is 468 g/mol. The highest BCUT2D eigenvalue weighted by Crippen LogP contribution is 2.33. The summed E-state index contributed by atoms with van der Waals surface area (Å²) in [5.41, 5.74) is 9.55. The first kappa shape index (κ1) is 23.9. The number of hydrogen-bond donors (Lipinski definition) is 3. The van der Waals surface area contributed by atoms with E-state index in [2.05, 4.69) is 4.98 Å². The van der Waals surface area contributed by atoms with Gasteiger partial charge in [-0.2, -0.15) is 17.9 Å². The summed E-state index contributed by atoms with van der Waals surface area (Å²) in [4.78, 5) is 4.30. The summed E-state index contributed by atoms with van der Waals surface area (Å²) < 4.78 is 70.2.